The van der Waals surface area contributed by atoms with Gasteiger partial charge in [-0.2, -0.15) is 0 Å². The third-order valence-electron chi connectivity index (χ3n) is 5.21. The van der Waals surface area contributed by atoms with Crippen LogP contribution in [0.25, 0.3) is 64.9 Å². The van der Waals surface area contributed by atoms with E-state index in [0.29, 0.717) is 5.65 Å². The van der Waals surface area contributed by atoms with Crippen molar-refractivity contribution in [2.24, 2.45) is 0 Å². The van der Waals surface area contributed by atoms with Crippen molar-refractivity contribution in [3.05, 3.63) is 55.1 Å². The largest absolute Gasteiger partial charge is 0.346 e. The number of nitrogens with zero attached hydrogens (tertiary/aromatic N) is 5. The quantitative estimate of drug-likeness (QED) is 0.337. The zero-order chi connectivity index (χ0) is 19.7. The molecule has 30 heavy (non-hydrogen) atoms. The van der Waals surface area contributed by atoms with Crippen LogP contribution in [0, 0.1) is 0 Å². The number of rotatable bonds is 0. The molecule has 0 aliphatic carbocycles. The van der Waals surface area contributed by atoms with Gasteiger partial charge in [0.05, 0.1) is 26.8 Å². The van der Waals surface area contributed by atoms with Crippen LogP contribution in [0.15, 0.2) is 55.1 Å². The third kappa shape index (κ3) is 2.23. The Morgan fingerprint density at radius 2 is 1.80 bits per heavy atom. The lowest BCUT2D eigenvalue weighted by Gasteiger charge is -1.98. The Kier molecular flexibility index (Phi) is 3.00. The molecule has 0 saturated carbocycles. The molecule has 0 fully saturated rings. The van der Waals surface area contributed by atoms with Crippen LogP contribution >= 0.6 is 11.3 Å². The van der Waals surface area contributed by atoms with Gasteiger partial charge >= 0.3 is 0 Å². The van der Waals surface area contributed by atoms with Crippen molar-refractivity contribution in [1.82, 2.24) is 40.1 Å². The third-order valence-corrected chi connectivity index (χ3v) is 6.22. The van der Waals surface area contributed by atoms with E-state index in [1.54, 1.807) is 17.5 Å². The second-order valence-corrected chi connectivity index (χ2v) is 8.15. The Balaban J connectivity index is 1.75. The minimum absolute atomic E-state index is 0.612. The molecule has 0 saturated heterocycles. The van der Waals surface area contributed by atoms with Crippen molar-refractivity contribution >= 4 is 65.0 Å². The molecule has 0 amide bonds. The van der Waals surface area contributed by atoms with Crippen LogP contribution in [0.3, 0.4) is 0 Å². The van der Waals surface area contributed by atoms with Gasteiger partial charge in [-0.15, -0.1) is 11.3 Å². The lowest BCUT2D eigenvalue weighted by Crippen LogP contribution is -1.82. The Hall–Kier alpha value is -4.11. The maximum Gasteiger partial charge on any atom is 0.179 e. The molecule has 0 unspecified atom stereocenters. The molecule has 7 heterocycles. The van der Waals surface area contributed by atoms with E-state index in [0.717, 1.165) is 59.3 Å². The number of aromatic amines is 3. The van der Waals surface area contributed by atoms with Gasteiger partial charge in [0.15, 0.2) is 11.3 Å². The average Bonchev–Trinajstić information content (AvgIpc) is 3.50. The summed E-state index contributed by atoms with van der Waals surface area (Å²) in [6.07, 6.45) is 7.27. The Labute approximate surface area is 171 Å². The van der Waals surface area contributed by atoms with Crippen molar-refractivity contribution in [2.75, 3.05) is 0 Å². The van der Waals surface area contributed by atoms with Crippen molar-refractivity contribution in [3.63, 3.8) is 0 Å². The van der Waals surface area contributed by atoms with Crippen LogP contribution in [0.5, 0.6) is 0 Å². The van der Waals surface area contributed by atoms with Crippen LogP contribution in [0.4, 0.5) is 0 Å². The molecule has 142 valence electrons. The molecule has 0 atom stereocenters. The SMILES string of the molecule is c1cc2nc3nc2c(n1)c1ccc([nH]c2cncc(c2)c2cnc4[nH][nH]c3-c4c2)s1. The van der Waals surface area contributed by atoms with Gasteiger partial charge < -0.3 is 4.98 Å². The van der Waals surface area contributed by atoms with E-state index in [9.17, 15) is 0 Å². The van der Waals surface area contributed by atoms with Gasteiger partial charge in [0.25, 0.3) is 0 Å². The van der Waals surface area contributed by atoms with E-state index in [1.807, 2.05) is 30.7 Å². The fourth-order valence-corrected chi connectivity index (χ4v) is 4.72. The summed E-state index contributed by atoms with van der Waals surface area (Å²) >= 11 is 1.62. The van der Waals surface area contributed by atoms with E-state index in [2.05, 4.69) is 48.3 Å². The Morgan fingerprint density at radius 1 is 0.833 bits per heavy atom. The van der Waals surface area contributed by atoms with Crippen LogP contribution in [0.1, 0.15) is 0 Å². The number of nitrogens with one attached hydrogen (secondary N) is 3. The van der Waals surface area contributed by atoms with Crippen LogP contribution < -0.4 is 0 Å². The van der Waals surface area contributed by atoms with Crippen molar-refractivity contribution in [1.29, 1.82) is 0 Å². The highest BCUT2D eigenvalue weighted by molar-refractivity contribution is 7.23. The van der Waals surface area contributed by atoms with Crippen molar-refractivity contribution in [3.8, 4) is 11.3 Å². The van der Waals surface area contributed by atoms with Gasteiger partial charge in [0.1, 0.15) is 16.7 Å². The summed E-state index contributed by atoms with van der Waals surface area (Å²) in [7, 11) is 0. The molecule has 8 bridgehead atoms. The summed E-state index contributed by atoms with van der Waals surface area (Å²) in [5.74, 6) is 0. The summed E-state index contributed by atoms with van der Waals surface area (Å²) in [5.41, 5.74) is 6.41. The average molecular weight is 408 g/mol. The number of pyridine rings is 3. The molecule has 2 aliphatic heterocycles. The topological polar surface area (TPSA) is 112 Å². The number of aromatic nitrogens is 8. The van der Waals surface area contributed by atoms with Gasteiger partial charge in [-0.05, 0) is 30.3 Å². The molecule has 0 aromatic carbocycles. The first-order chi connectivity index (χ1) is 14.8. The Morgan fingerprint density at radius 3 is 2.80 bits per heavy atom. The van der Waals surface area contributed by atoms with Crippen LogP contribution in [0.2, 0.25) is 0 Å². The first-order valence-electron chi connectivity index (χ1n) is 9.34. The van der Waals surface area contributed by atoms with Gasteiger partial charge in [-0.3, -0.25) is 20.2 Å². The smallest absolute Gasteiger partial charge is 0.179 e. The summed E-state index contributed by atoms with van der Waals surface area (Å²) in [6.45, 7) is 0. The van der Waals surface area contributed by atoms with E-state index in [-0.39, 0.29) is 0 Å². The summed E-state index contributed by atoms with van der Waals surface area (Å²) in [5, 5.41) is 8.24. The van der Waals surface area contributed by atoms with E-state index >= 15 is 0 Å². The summed E-state index contributed by atoms with van der Waals surface area (Å²) in [6, 6.07) is 10.1. The van der Waals surface area contributed by atoms with E-state index in [4.69, 9.17) is 9.97 Å². The van der Waals surface area contributed by atoms with Gasteiger partial charge in [-0.25, -0.2) is 15.0 Å². The van der Waals surface area contributed by atoms with E-state index < -0.39 is 0 Å². The molecule has 9 heteroatoms. The molecular formula is C21H12N8S. The molecule has 3 N–H and O–H groups in total. The molecule has 2 aliphatic rings. The molecule has 8 nitrogen and oxygen atoms in total. The van der Waals surface area contributed by atoms with Crippen molar-refractivity contribution in [2.45, 2.75) is 0 Å². The number of H-pyrrole nitrogens is 3. The zero-order valence-electron chi connectivity index (χ0n) is 15.3. The highest BCUT2D eigenvalue weighted by Gasteiger charge is 2.15. The summed E-state index contributed by atoms with van der Waals surface area (Å²) in [4.78, 5) is 27.6. The maximum atomic E-state index is 4.84. The lowest BCUT2D eigenvalue weighted by molar-refractivity contribution is 1.11. The minimum atomic E-state index is 0.612. The maximum absolute atomic E-state index is 4.84. The predicted molar refractivity (Wildman–Crippen MR) is 118 cm³/mol. The number of thiophene rings is 1. The van der Waals surface area contributed by atoms with Gasteiger partial charge in [0, 0.05) is 34.9 Å². The fraction of sp³-hybridized carbons (Fsp3) is 0. The van der Waals surface area contributed by atoms with Crippen LogP contribution in [-0.4, -0.2) is 40.1 Å². The standard InChI is InChI=1S/C21H12N8S/c1-2-16-25-12-5-10(7-22-9-12)11-6-13-17(28-29-20(13)24-8-11)21-26-14-3-4-23-19(15(1)30-16)18(14)27-21/h1-9,25,28H,(H,24,29). The zero-order valence-corrected chi connectivity index (χ0v) is 16.2. The number of fused-ring (bicyclic) bond motifs is 9. The molecule has 7 rings (SSSR count). The highest BCUT2D eigenvalue weighted by Crippen LogP contribution is 2.31. The second-order valence-electron chi connectivity index (χ2n) is 7.07. The minimum Gasteiger partial charge on any atom is -0.346 e. The van der Waals surface area contributed by atoms with Crippen LogP contribution in [-0.2, 0) is 0 Å². The monoisotopic (exact) mass is 408 g/mol. The molecule has 5 aromatic heterocycles. The van der Waals surface area contributed by atoms with Crippen molar-refractivity contribution < 1.29 is 0 Å². The number of hydrogen-bond acceptors (Lipinski definition) is 6. The second kappa shape index (κ2) is 5.71. The van der Waals surface area contributed by atoms with E-state index in [1.165, 1.54) is 0 Å². The normalized spacial score (nSPS) is 12.0. The number of hydrogen-bond donors (Lipinski definition) is 3. The molecular weight excluding hydrogens is 396 g/mol. The molecule has 0 radical (unpaired) electrons. The lowest BCUT2D eigenvalue weighted by atomic mass is 10.1. The van der Waals surface area contributed by atoms with Gasteiger partial charge in [-0.1, -0.05) is 0 Å². The predicted octanol–water partition coefficient (Wildman–Crippen LogP) is 4.70. The first-order valence-corrected chi connectivity index (χ1v) is 10.2. The Bertz CT molecular complexity index is 1770. The molecule has 5 aromatic rings. The fourth-order valence-electron chi connectivity index (χ4n) is 3.80. The number of imidazole rings is 1. The molecule has 0 spiro atoms. The highest BCUT2D eigenvalue weighted by atomic mass is 32.1. The summed E-state index contributed by atoms with van der Waals surface area (Å²) < 4.78 is 1.03. The van der Waals surface area contributed by atoms with Gasteiger partial charge in [0.2, 0.25) is 0 Å². The first kappa shape index (κ1) is 15.8.